The van der Waals surface area contributed by atoms with Crippen LogP contribution in [-0.4, -0.2) is 16.1 Å². The van der Waals surface area contributed by atoms with Crippen molar-refractivity contribution in [2.75, 3.05) is 0 Å². The van der Waals surface area contributed by atoms with E-state index in [9.17, 15) is 4.79 Å². The number of aromatic amines is 1. The number of carbonyl (C=O) groups is 1. The molecule has 0 aliphatic rings. The molecule has 1 heterocycles. The van der Waals surface area contributed by atoms with Crippen molar-refractivity contribution in [2.24, 2.45) is 0 Å². The van der Waals surface area contributed by atoms with Crippen molar-refractivity contribution in [3.63, 3.8) is 0 Å². The lowest BCUT2D eigenvalue weighted by atomic mass is 10.2. The number of hydrogen-bond donors (Lipinski definition) is 2. The van der Waals surface area contributed by atoms with Gasteiger partial charge in [0.1, 0.15) is 0 Å². The number of halogens is 1. The van der Waals surface area contributed by atoms with Gasteiger partial charge in [-0.25, -0.2) is 0 Å². The molecule has 22 heavy (non-hydrogen) atoms. The van der Waals surface area contributed by atoms with Crippen molar-refractivity contribution in [2.45, 2.75) is 23.1 Å². The maximum atomic E-state index is 10.7. The highest BCUT2D eigenvalue weighted by atomic mass is 35.5. The van der Waals surface area contributed by atoms with E-state index >= 15 is 0 Å². The van der Waals surface area contributed by atoms with E-state index in [4.69, 9.17) is 16.7 Å². The fourth-order valence-corrected chi connectivity index (χ4v) is 3.55. The van der Waals surface area contributed by atoms with Crippen molar-refractivity contribution in [1.29, 1.82) is 0 Å². The zero-order valence-electron chi connectivity index (χ0n) is 11.9. The van der Waals surface area contributed by atoms with Crippen LogP contribution in [0.25, 0.3) is 10.9 Å². The summed E-state index contributed by atoms with van der Waals surface area (Å²) < 4.78 is 0. The first-order valence-corrected chi connectivity index (χ1v) is 7.99. The fraction of sp³-hybridized carbons (Fsp3) is 0.118. The average Bonchev–Trinajstić information content (AvgIpc) is 2.75. The molecule has 0 amide bonds. The first-order valence-electron chi connectivity index (χ1n) is 6.79. The van der Waals surface area contributed by atoms with Crippen molar-refractivity contribution in [3.8, 4) is 0 Å². The second-order valence-electron chi connectivity index (χ2n) is 5.09. The van der Waals surface area contributed by atoms with Crippen LogP contribution in [-0.2, 0) is 11.2 Å². The predicted molar refractivity (Wildman–Crippen MR) is 90.0 cm³/mol. The highest BCUT2D eigenvalue weighted by molar-refractivity contribution is 7.99. The predicted octanol–water partition coefficient (Wildman–Crippen LogP) is 4.91. The Bertz CT molecular complexity index is 840. The molecular weight excluding hydrogens is 318 g/mol. The molecule has 0 unspecified atom stereocenters. The lowest BCUT2D eigenvalue weighted by molar-refractivity contribution is -0.136. The highest BCUT2D eigenvalue weighted by Gasteiger charge is 2.10. The van der Waals surface area contributed by atoms with Gasteiger partial charge in [0.25, 0.3) is 0 Å². The number of aryl methyl sites for hydroxylation is 1. The molecule has 0 aliphatic heterocycles. The fourth-order valence-electron chi connectivity index (χ4n) is 2.38. The molecule has 0 atom stereocenters. The molecule has 0 spiro atoms. The molecule has 0 fully saturated rings. The van der Waals surface area contributed by atoms with E-state index in [1.165, 1.54) is 0 Å². The summed E-state index contributed by atoms with van der Waals surface area (Å²) in [5, 5.41) is 10.7. The number of carboxylic acid groups (broad SMARTS) is 1. The van der Waals surface area contributed by atoms with Crippen LogP contribution in [0, 0.1) is 6.92 Å². The second-order valence-corrected chi connectivity index (χ2v) is 6.61. The highest BCUT2D eigenvalue weighted by Crippen LogP contribution is 2.37. The van der Waals surface area contributed by atoms with Gasteiger partial charge in [-0.1, -0.05) is 41.6 Å². The van der Waals surface area contributed by atoms with Gasteiger partial charge in [0.05, 0.1) is 6.42 Å². The van der Waals surface area contributed by atoms with E-state index in [0.717, 1.165) is 32.0 Å². The van der Waals surface area contributed by atoms with Gasteiger partial charge >= 0.3 is 5.97 Å². The van der Waals surface area contributed by atoms with Crippen molar-refractivity contribution < 1.29 is 9.90 Å². The van der Waals surface area contributed by atoms with Crippen LogP contribution < -0.4 is 0 Å². The van der Waals surface area contributed by atoms with E-state index < -0.39 is 5.97 Å². The SMILES string of the molecule is Cc1[nH]c2cc(Cl)ccc2c1Sc1ccc(CC(=O)O)cc1. The molecule has 1 aromatic heterocycles. The summed E-state index contributed by atoms with van der Waals surface area (Å²) in [6, 6.07) is 13.5. The number of carboxylic acids is 1. The molecule has 112 valence electrons. The largest absolute Gasteiger partial charge is 0.481 e. The van der Waals surface area contributed by atoms with Crippen LogP contribution in [0.4, 0.5) is 0 Å². The third-order valence-corrected chi connectivity index (χ3v) is 4.86. The topological polar surface area (TPSA) is 53.1 Å². The Kier molecular flexibility index (Phi) is 4.14. The summed E-state index contributed by atoms with van der Waals surface area (Å²) in [5.74, 6) is -0.815. The summed E-state index contributed by atoms with van der Waals surface area (Å²) >= 11 is 7.69. The second kappa shape index (κ2) is 6.07. The molecule has 0 saturated carbocycles. The quantitative estimate of drug-likeness (QED) is 0.714. The summed E-state index contributed by atoms with van der Waals surface area (Å²) in [5.41, 5.74) is 2.92. The van der Waals surface area contributed by atoms with Crippen molar-refractivity contribution >= 4 is 40.2 Å². The maximum Gasteiger partial charge on any atom is 0.307 e. The minimum absolute atomic E-state index is 0.0511. The van der Waals surface area contributed by atoms with Gasteiger partial charge in [-0.2, -0.15) is 0 Å². The number of H-pyrrole nitrogens is 1. The first kappa shape index (κ1) is 15.0. The van der Waals surface area contributed by atoms with E-state index in [-0.39, 0.29) is 6.42 Å². The molecule has 2 aromatic carbocycles. The molecule has 3 rings (SSSR count). The summed E-state index contributed by atoms with van der Waals surface area (Å²) in [4.78, 5) is 16.3. The Morgan fingerprint density at radius 1 is 1.23 bits per heavy atom. The minimum Gasteiger partial charge on any atom is -0.481 e. The zero-order chi connectivity index (χ0) is 15.7. The Balaban J connectivity index is 1.89. The number of rotatable bonds is 4. The first-order chi connectivity index (χ1) is 10.5. The zero-order valence-corrected chi connectivity index (χ0v) is 13.5. The van der Waals surface area contributed by atoms with E-state index in [2.05, 4.69) is 4.98 Å². The van der Waals surface area contributed by atoms with Gasteiger partial charge in [-0.05, 0) is 36.8 Å². The minimum atomic E-state index is -0.815. The number of nitrogens with one attached hydrogen (secondary N) is 1. The Morgan fingerprint density at radius 2 is 1.95 bits per heavy atom. The maximum absolute atomic E-state index is 10.7. The molecule has 0 radical (unpaired) electrons. The normalized spacial score (nSPS) is 11.0. The van der Waals surface area contributed by atoms with Gasteiger partial charge in [0.2, 0.25) is 0 Å². The Hall–Kier alpha value is -1.91. The Morgan fingerprint density at radius 3 is 2.64 bits per heavy atom. The van der Waals surface area contributed by atoms with Crippen LogP contribution in [0.15, 0.2) is 52.3 Å². The summed E-state index contributed by atoms with van der Waals surface area (Å²) in [6.45, 7) is 2.04. The molecule has 5 heteroatoms. The van der Waals surface area contributed by atoms with E-state index in [1.807, 2.05) is 49.4 Å². The molecule has 3 aromatic rings. The third-order valence-electron chi connectivity index (χ3n) is 3.39. The number of hydrogen-bond acceptors (Lipinski definition) is 2. The molecule has 0 bridgehead atoms. The van der Waals surface area contributed by atoms with Crippen LogP contribution in [0.1, 0.15) is 11.3 Å². The van der Waals surface area contributed by atoms with Crippen LogP contribution in [0.3, 0.4) is 0 Å². The summed E-state index contributed by atoms with van der Waals surface area (Å²) in [6.07, 6.45) is 0.0511. The van der Waals surface area contributed by atoms with Crippen molar-refractivity contribution in [3.05, 3.63) is 58.7 Å². The molecule has 0 aliphatic carbocycles. The third kappa shape index (κ3) is 3.13. The monoisotopic (exact) mass is 331 g/mol. The van der Waals surface area contributed by atoms with Crippen LogP contribution in [0.2, 0.25) is 5.02 Å². The number of fused-ring (bicyclic) bond motifs is 1. The van der Waals surface area contributed by atoms with Crippen LogP contribution >= 0.6 is 23.4 Å². The van der Waals surface area contributed by atoms with Gasteiger partial charge < -0.3 is 10.1 Å². The lowest BCUT2D eigenvalue weighted by Gasteiger charge is -2.03. The smallest absolute Gasteiger partial charge is 0.307 e. The summed E-state index contributed by atoms with van der Waals surface area (Å²) in [7, 11) is 0. The van der Waals surface area contributed by atoms with Gasteiger partial charge in [-0.3, -0.25) is 4.79 Å². The molecular formula is C17H14ClNO2S. The van der Waals surface area contributed by atoms with Crippen molar-refractivity contribution in [1.82, 2.24) is 4.98 Å². The average molecular weight is 332 g/mol. The number of aromatic nitrogens is 1. The standard InChI is InChI=1S/C17H14ClNO2S/c1-10-17(14-7-4-12(18)9-15(14)19-10)22-13-5-2-11(3-6-13)8-16(20)21/h2-7,9,19H,8H2,1H3,(H,20,21). The van der Waals surface area contributed by atoms with E-state index in [0.29, 0.717) is 5.02 Å². The lowest BCUT2D eigenvalue weighted by Crippen LogP contribution is -1.99. The molecule has 2 N–H and O–H groups in total. The number of benzene rings is 2. The van der Waals surface area contributed by atoms with Gasteiger partial charge in [-0.15, -0.1) is 0 Å². The van der Waals surface area contributed by atoms with Gasteiger partial charge in [0.15, 0.2) is 0 Å². The molecule has 0 saturated heterocycles. The molecule has 3 nitrogen and oxygen atoms in total. The number of aliphatic carboxylic acids is 1. The van der Waals surface area contributed by atoms with Crippen LogP contribution in [0.5, 0.6) is 0 Å². The Labute approximate surface area is 137 Å². The van der Waals surface area contributed by atoms with E-state index in [1.54, 1.807) is 11.8 Å². The van der Waals surface area contributed by atoms with Gasteiger partial charge in [0, 0.05) is 31.4 Å².